The summed E-state index contributed by atoms with van der Waals surface area (Å²) in [6.45, 7) is 2.06. The van der Waals surface area contributed by atoms with Crippen LogP contribution in [-0.4, -0.2) is 15.3 Å². The lowest BCUT2D eigenvalue weighted by molar-refractivity contribution is 0.385. The quantitative estimate of drug-likeness (QED) is 0.327. The summed E-state index contributed by atoms with van der Waals surface area (Å²) in [4.78, 5) is 4.16. The molecule has 78 valence electrons. The maximum Gasteiger partial charge on any atom is 0.237 e. The van der Waals surface area contributed by atoms with Crippen LogP contribution in [0.25, 0.3) is 0 Å². The van der Waals surface area contributed by atoms with Crippen LogP contribution in [0.3, 0.4) is 0 Å². The Morgan fingerprint density at radius 1 is 1.64 bits per heavy atom. The molecule has 0 atom stereocenters. The van der Waals surface area contributed by atoms with Gasteiger partial charge in [-0.15, -0.1) is 0 Å². The van der Waals surface area contributed by atoms with Gasteiger partial charge in [0, 0.05) is 6.42 Å². The van der Waals surface area contributed by atoms with Crippen LogP contribution in [0.5, 0.6) is 0 Å². The molecule has 1 rings (SSSR count). The standard InChI is InChI=1S/C7H13N5OS/c1-2-3-5-10-6(13-12-5)4-14-7(8)11-9/h2-4,9H2,1H3,(H2,8,11). The molecule has 0 amide bonds. The number of aryl methyl sites for hydroxylation is 1. The highest BCUT2D eigenvalue weighted by Gasteiger charge is 2.06. The van der Waals surface area contributed by atoms with E-state index in [9.17, 15) is 0 Å². The number of rotatable bonds is 4. The summed E-state index contributed by atoms with van der Waals surface area (Å²) >= 11 is 1.27. The van der Waals surface area contributed by atoms with Crippen molar-refractivity contribution in [2.45, 2.75) is 25.5 Å². The summed E-state index contributed by atoms with van der Waals surface area (Å²) in [7, 11) is 0. The highest BCUT2D eigenvalue weighted by atomic mass is 32.2. The molecule has 0 aromatic carbocycles. The molecule has 0 aliphatic heterocycles. The minimum absolute atomic E-state index is 0.306. The third-order valence-corrected chi connectivity index (χ3v) is 2.25. The predicted octanol–water partition coefficient (Wildman–Crippen LogP) is 0.444. The van der Waals surface area contributed by atoms with Gasteiger partial charge in [-0.25, -0.2) is 0 Å². The largest absolute Gasteiger partial charge is 0.377 e. The molecule has 0 bridgehead atoms. The Bertz CT molecular complexity index is 311. The molecule has 0 radical (unpaired) electrons. The number of hydrogen-bond acceptors (Lipinski definition) is 6. The van der Waals surface area contributed by atoms with Gasteiger partial charge in [-0.2, -0.15) is 10.1 Å². The second-order valence-corrected chi connectivity index (χ2v) is 3.61. The van der Waals surface area contributed by atoms with Crippen molar-refractivity contribution in [1.82, 2.24) is 10.1 Å². The molecule has 0 aliphatic rings. The van der Waals surface area contributed by atoms with Gasteiger partial charge in [-0.1, -0.05) is 23.8 Å². The van der Waals surface area contributed by atoms with Crippen molar-refractivity contribution in [3.63, 3.8) is 0 Å². The first-order valence-electron chi connectivity index (χ1n) is 4.24. The Labute approximate surface area is 86.1 Å². The molecule has 0 spiro atoms. The van der Waals surface area contributed by atoms with Crippen LogP contribution >= 0.6 is 11.8 Å². The third-order valence-electron chi connectivity index (χ3n) is 1.45. The lowest BCUT2D eigenvalue weighted by Crippen LogP contribution is -2.09. The smallest absolute Gasteiger partial charge is 0.237 e. The number of thioether (sulfide) groups is 1. The van der Waals surface area contributed by atoms with Crippen molar-refractivity contribution in [2.75, 3.05) is 0 Å². The first kappa shape index (κ1) is 10.8. The molecular weight excluding hydrogens is 202 g/mol. The maximum absolute atomic E-state index is 5.38. The Balaban J connectivity index is 2.43. The zero-order valence-electron chi connectivity index (χ0n) is 7.93. The van der Waals surface area contributed by atoms with E-state index in [2.05, 4.69) is 22.2 Å². The van der Waals surface area contributed by atoms with E-state index in [0.29, 0.717) is 16.8 Å². The van der Waals surface area contributed by atoms with Gasteiger partial charge in [-0.3, -0.25) is 0 Å². The van der Waals surface area contributed by atoms with Gasteiger partial charge in [0.2, 0.25) is 5.89 Å². The summed E-state index contributed by atoms with van der Waals surface area (Å²) in [5.41, 5.74) is 5.38. The topological polar surface area (TPSA) is 103 Å². The minimum atomic E-state index is 0.306. The van der Waals surface area contributed by atoms with Crippen molar-refractivity contribution in [1.29, 1.82) is 0 Å². The summed E-state index contributed by atoms with van der Waals surface area (Å²) in [5.74, 6) is 6.74. The Morgan fingerprint density at radius 2 is 2.43 bits per heavy atom. The van der Waals surface area contributed by atoms with Crippen molar-refractivity contribution in [3.05, 3.63) is 11.7 Å². The number of nitrogens with two attached hydrogens (primary N) is 2. The number of aromatic nitrogens is 2. The molecular formula is C7H13N5OS. The van der Waals surface area contributed by atoms with Gasteiger partial charge in [-0.05, 0) is 6.42 Å². The average molecular weight is 215 g/mol. The molecule has 0 saturated heterocycles. The number of amidine groups is 1. The van der Waals surface area contributed by atoms with E-state index in [1.807, 2.05) is 0 Å². The Kier molecular flexibility index (Phi) is 4.24. The minimum Gasteiger partial charge on any atom is -0.377 e. The van der Waals surface area contributed by atoms with E-state index >= 15 is 0 Å². The summed E-state index contributed by atoms with van der Waals surface area (Å²) in [5, 5.41) is 7.42. The molecule has 14 heavy (non-hydrogen) atoms. The van der Waals surface area contributed by atoms with Crippen molar-refractivity contribution in [3.8, 4) is 0 Å². The Hall–Kier alpha value is -1.24. The van der Waals surface area contributed by atoms with Crippen LogP contribution < -0.4 is 11.6 Å². The van der Waals surface area contributed by atoms with Crippen LogP contribution in [0.2, 0.25) is 0 Å². The molecule has 4 N–H and O–H groups in total. The fourth-order valence-corrected chi connectivity index (χ4v) is 1.31. The van der Waals surface area contributed by atoms with Crippen LogP contribution in [-0.2, 0) is 12.2 Å². The van der Waals surface area contributed by atoms with Gasteiger partial charge in [0.05, 0.1) is 5.75 Å². The predicted molar refractivity (Wildman–Crippen MR) is 55.4 cm³/mol. The Morgan fingerprint density at radius 3 is 3.07 bits per heavy atom. The van der Waals surface area contributed by atoms with E-state index in [4.69, 9.17) is 16.1 Å². The SMILES string of the molecule is CCCc1noc(CSC(N)=NN)n1. The van der Waals surface area contributed by atoms with Crippen LogP contribution in [0.1, 0.15) is 25.1 Å². The normalized spacial score (nSPS) is 11.9. The van der Waals surface area contributed by atoms with Crippen molar-refractivity contribution in [2.24, 2.45) is 16.7 Å². The lowest BCUT2D eigenvalue weighted by atomic mass is 10.3. The summed E-state index contributed by atoms with van der Waals surface area (Å²) in [6.07, 6.45) is 1.83. The fourth-order valence-electron chi connectivity index (χ4n) is 0.847. The molecule has 1 aromatic rings. The van der Waals surface area contributed by atoms with Gasteiger partial charge in [0.15, 0.2) is 11.0 Å². The molecule has 0 aliphatic carbocycles. The van der Waals surface area contributed by atoms with Crippen LogP contribution in [0.4, 0.5) is 0 Å². The van der Waals surface area contributed by atoms with E-state index in [-0.39, 0.29) is 0 Å². The zero-order valence-corrected chi connectivity index (χ0v) is 8.75. The van der Waals surface area contributed by atoms with Crippen LogP contribution in [0, 0.1) is 0 Å². The maximum atomic E-state index is 5.38. The lowest BCUT2D eigenvalue weighted by Gasteiger charge is -1.92. The number of hydrazone groups is 1. The third kappa shape index (κ3) is 3.25. The van der Waals surface area contributed by atoms with Gasteiger partial charge in [0.25, 0.3) is 0 Å². The molecule has 1 aromatic heterocycles. The van der Waals surface area contributed by atoms with Gasteiger partial charge >= 0.3 is 0 Å². The summed E-state index contributed by atoms with van der Waals surface area (Å²) in [6, 6.07) is 0. The van der Waals surface area contributed by atoms with Gasteiger partial charge < -0.3 is 16.1 Å². The molecule has 0 fully saturated rings. The first-order chi connectivity index (χ1) is 6.76. The molecule has 6 nitrogen and oxygen atoms in total. The van der Waals surface area contributed by atoms with E-state index < -0.39 is 0 Å². The average Bonchev–Trinajstić information content (AvgIpc) is 2.63. The van der Waals surface area contributed by atoms with Crippen LogP contribution in [0.15, 0.2) is 9.62 Å². The summed E-state index contributed by atoms with van der Waals surface area (Å²) < 4.78 is 4.98. The molecule has 7 heteroatoms. The monoisotopic (exact) mass is 215 g/mol. The van der Waals surface area contributed by atoms with E-state index in [1.54, 1.807) is 0 Å². The second-order valence-electron chi connectivity index (χ2n) is 2.61. The van der Waals surface area contributed by atoms with Gasteiger partial charge in [0.1, 0.15) is 0 Å². The van der Waals surface area contributed by atoms with E-state index in [1.165, 1.54) is 11.8 Å². The second kappa shape index (κ2) is 5.48. The van der Waals surface area contributed by atoms with Crippen molar-refractivity contribution < 1.29 is 4.52 Å². The van der Waals surface area contributed by atoms with E-state index in [0.717, 1.165) is 18.7 Å². The number of nitrogens with zero attached hydrogens (tertiary/aromatic N) is 3. The highest BCUT2D eigenvalue weighted by molar-refractivity contribution is 8.13. The number of hydrogen-bond donors (Lipinski definition) is 2. The highest BCUT2D eigenvalue weighted by Crippen LogP contribution is 2.10. The fraction of sp³-hybridized carbons (Fsp3) is 0.571. The first-order valence-corrected chi connectivity index (χ1v) is 5.22. The molecule has 1 heterocycles. The van der Waals surface area contributed by atoms with Crippen molar-refractivity contribution >= 4 is 16.9 Å². The molecule has 0 unspecified atom stereocenters. The molecule has 0 saturated carbocycles. The zero-order chi connectivity index (χ0) is 10.4.